The number of pyridine rings is 1. The predicted octanol–water partition coefficient (Wildman–Crippen LogP) is 3.41. The minimum Gasteiger partial charge on any atom is -0.493 e. The summed E-state index contributed by atoms with van der Waals surface area (Å²) in [5.41, 5.74) is 3.72. The van der Waals surface area contributed by atoms with Crippen LogP contribution in [-0.4, -0.2) is 28.8 Å². The Kier molecular flexibility index (Phi) is 3.39. The number of aryl methyl sites for hydroxylation is 1. The Morgan fingerprint density at radius 1 is 1.14 bits per heavy atom. The Morgan fingerprint density at radius 3 is 2.62 bits per heavy atom. The number of imidazole rings is 1. The molecule has 0 spiro atoms. The fraction of sp³-hybridized carbons (Fsp3) is 0.200. The molecule has 0 aliphatic carbocycles. The number of aromatic amines is 1. The molecule has 1 aromatic carbocycles. The normalized spacial score (nSPS) is 10.8. The van der Waals surface area contributed by atoms with Crippen LogP contribution in [0.2, 0.25) is 0 Å². The van der Waals surface area contributed by atoms with Crippen molar-refractivity contribution in [2.75, 3.05) is 14.2 Å². The first-order valence-electron chi connectivity index (χ1n) is 6.44. The van der Waals surface area contributed by atoms with Gasteiger partial charge in [0.2, 0.25) is 0 Å². The van der Waals surface area contributed by atoms with Gasteiger partial charge in [-0.05, 0) is 42.9 Å². The van der Waals surface area contributed by atoms with Crippen LogP contribution in [0, 0.1) is 11.7 Å². The Bertz CT molecular complexity index is 867. The predicted molar refractivity (Wildman–Crippen MR) is 84.1 cm³/mol. The van der Waals surface area contributed by atoms with Crippen molar-refractivity contribution in [3.63, 3.8) is 0 Å². The maximum absolute atomic E-state index is 5.43. The summed E-state index contributed by atoms with van der Waals surface area (Å²) < 4.78 is 13.1. The van der Waals surface area contributed by atoms with Crippen molar-refractivity contribution >= 4 is 23.4 Å². The molecule has 0 saturated carbocycles. The summed E-state index contributed by atoms with van der Waals surface area (Å²) >= 11 is 5.43. The average Bonchev–Trinajstić information content (AvgIpc) is 2.84. The first-order valence-corrected chi connectivity index (χ1v) is 6.85. The van der Waals surface area contributed by atoms with Crippen molar-refractivity contribution in [3.05, 3.63) is 40.8 Å². The van der Waals surface area contributed by atoms with E-state index < -0.39 is 0 Å². The molecule has 2 heterocycles. The maximum Gasteiger partial charge on any atom is 0.184 e. The summed E-state index contributed by atoms with van der Waals surface area (Å²) in [4.78, 5) is 7.63. The van der Waals surface area contributed by atoms with E-state index in [0.717, 1.165) is 22.4 Å². The van der Waals surface area contributed by atoms with Gasteiger partial charge in [-0.25, -0.2) is 4.98 Å². The highest BCUT2D eigenvalue weighted by Crippen LogP contribution is 2.30. The van der Waals surface area contributed by atoms with E-state index in [1.807, 2.05) is 35.8 Å². The van der Waals surface area contributed by atoms with Gasteiger partial charge >= 0.3 is 0 Å². The van der Waals surface area contributed by atoms with E-state index in [4.69, 9.17) is 21.7 Å². The number of H-pyrrole nitrogens is 1. The van der Waals surface area contributed by atoms with Gasteiger partial charge in [0.15, 0.2) is 21.9 Å². The third-order valence-electron chi connectivity index (χ3n) is 3.41. The zero-order valence-electron chi connectivity index (χ0n) is 12.0. The molecule has 21 heavy (non-hydrogen) atoms. The highest BCUT2D eigenvalue weighted by molar-refractivity contribution is 7.71. The zero-order valence-corrected chi connectivity index (χ0v) is 12.8. The van der Waals surface area contributed by atoms with Crippen molar-refractivity contribution in [3.8, 4) is 17.2 Å². The SMILES string of the molecule is COc1ccc(-n2c(=S)[nH]c3c(C)ccnc32)cc1OC. The van der Waals surface area contributed by atoms with E-state index in [9.17, 15) is 0 Å². The number of aromatic nitrogens is 3. The van der Waals surface area contributed by atoms with Gasteiger partial charge in [0.1, 0.15) is 0 Å². The van der Waals surface area contributed by atoms with Crippen molar-refractivity contribution in [1.82, 2.24) is 14.5 Å². The molecule has 0 aliphatic heterocycles. The number of nitrogens with zero attached hydrogens (tertiary/aromatic N) is 2. The van der Waals surface area contributed by atoms with Crippen LogP contribution in [0.4, 0.5) is 0 Å². The molecule has 0 amide bonds. The third-order valence-corrected chi connectivity index (χ3v) is 3.70. The zero-order chi connectivity index (χ0) is 15.0. The van der Waals surface area contributed by atoms with Crippen LogP contribution in [0.1, 0.15) is 5.56 Å². The molecule has 0 unspecified atom stereocenters. The molecule has 3 rings (SSSR count). The number of nitrogens with one attached hydrogen (secondary N) is 1. The molecule has 5 nitrogen and oxygen atoms in total. The molecule has 6 heteroatoms. The second-order valence-corrected chi connectivity index (χ2v) is 5.02. The van der Waals surface area contributed by atoms with E-state index >= 15 is 0 Å². The molecular weight excluding hydrogens is 286 g/mol. The molecule has 0 saturated heterocycles. The van der Waals surface area contributed by atoms with Crippen molar-refractivity contribution in [1.29, 1.82) is 0 Å². The van der Waals surface area contributed by atoms with E-state index in [0.29, 0.717) is 16.3 Å². The Labute approximate surface area is 127 Å². The van der Waals surface area contributed by atoms with E-state index in [2.05, 4.69) is 9.97 Å². The minimum atomic E-state index is 0.596. The summed E-state index contributed by atoms with van der Waals surface area (Å²) in [5.74, 6) is 1.33. The fourth-order valence-electron chi connectivity index (χ4n) is 2.33. The molecule has 0 aliphatic rings. The van der Waals surface area contributed by atoms with Gasteiger partial charge in [0.25, 0.3) is 0 Å². The number of fused-ring (bicyclic) bond motifs is 1. The smallest absolute Gasteiger partial charge is 0.184 e. The lowest BCUT2D eigenvalue weighted by atomic mass is 10.2. The number of ether oxygens (including phenoxy) is 2. The van der Waals surface area contributed by atoms with Crippen LogP contribution < -0.4 is 9.47 Å². The van der Waals surface area contributed by atoms with Gasteiger partial charge in [0.05, 0.1) is 25.4 Å². The molecule has 0 bridgehead atoms. The van der Waals surface area contributed by atoms with Crippen molar-refractivity contribution < 1.29 is 9.47 Å². The maximum atomic E-state index is 5.43. The van der Waals surface area contributed by atoms with Crippen LogP contribution in [0.5, 0.6) is 11.5 Å². The molecule has 2 aromatic heterocycles. The summed E-state index contributed by atoms with van der Waals surface area (Å²) in [6, 6.07) is 7.61. The highest BCUT2D eigenvalue weighted by atomic mass is 32.1. The lowest BCUT2D eigenvalue weighted by molar-refractivity contribution is 0.355. The van der Waals surface area contributed by atoms with Crippen LogP contribution in [-0.2, 0) is 0 Å². The monoisotopic (exact) mass is 301 g/mol. The fourth-order valence-corrected chi connectivity index (χ4v) is 2.62. The summed E-state index contributed by atoms with van der Waals surface area (Å²) in [6.45, 7) is 2.02. The Balaban J connectivity index is 2.28. The van der Waals surface area contributed by atoms with Gasteiger partial charge in [-0.2, -0.15) is 0 Å². The number of rotatable bonds is 3. The lowest BCUT2D eigenvalue weighted by Gasteiger charge is -2.10. The van der Waals surface area contributed by atoms with Crippen LogP contribution in [0.15, 0.2) is 30.5 Å². The quantitative estimate of drug-likeness (QED) is 0.753. The first-order chi connectivity index (χ1) is 10.2. The lowest BCUT2D eigenvalue weighted by Crippen LogP contribution is -1.98. The van der Waals surface area contributed by atoms with E-state index in [1.54, 1.807) is 20.4 Å². The van der Waals surface area contributed by atoms with Gasteiger partial charge in [-0.15, -0.1) is 0 Å². The van der Waals surface area contributed by atoms with Crippen LogP contribution in [0.25, 0.3) is 16.9 Å². The topological polar surface area (TPSA) is 52.1 Å². The largest absolute Gasteiger partial charge is 0.493 e. The minimum absolute atomic E-state index is 0.596. The molecule has 0 fully saturated rings. The van der Waals surface area contributed by atoms with E-state index in [-0.39, 0.29) is 0 Å². The number of hydrogen-bond donors (Lipinski definition) is 1. The van der Waals surface area contributed by atoms with Crippen LogP contribution >= 0.6 is 12.2 Å². The second kappa shape index (κ2) is 5.21. The highest BCUT2D eigenvalue weighted by Gasteiger charge is 2.12. The molecule has 0 radical (unpaired) electrons. The van der Waals surface area contributed by atoms with Crippen LogP contribution in [0.3, 0.4) is 0 Å². The molecular formula is C15H15N3O2S. The van der Waals surface area contributed by atoms with Crippen molar-refractivity contribution in [2.45, 2.75) is 6.92 Å². The Morgan fingerprint density at radius 2 is 1.90 bits per heavy atom. The summed E-state index contributed by atoms with van der Waals surface area (Å²) in [5, 5.41) is 0. The molecule has 108 valence electrons. The number of methoxy groups -OCH3 is 2. The standard InChI is InChI=1S/C15H15N3O2S/c1-9-6-7-16-14-13(9)17-15(21)18(14)10-4-5-11(19-2)12(8-10)20-3/h4-8H,1-3H3,(H,17,21). The molecule has 1 N–H and O–H groups in total. The van der Waals surface area contributed by atoms with Gasteiger partial charge in [0, 0.05) is 12.3 Å². The van der Waals surface area contributed by atoms with Gasteiger partial charge in [-0.3, -0.25) is 4.57 Å². The molecule has 3 aromatic rings. The number of benzene rings is 1. The van der Waals surface area contributed by atoms with Gasteiger partial charge < -0.3 is 14.5 Å². The first kappa shape index (κ1) is 13.6. The average molecular weight is 301 g/mol. The summed E-state index contributed by atoms with van der Waals surface area (Å²) in [6.07, 6.45) is 1.78. The summed E-state index contributed by atoms with van der Waals surface area (Å²) in [7, 11) is 3.22. The third kappa shape index (κ3) is 2.17. The number of hydrogen-bond acceptors (Lipinski definition) is 4. The second-order valence-electron chi connectivity index (χ2n) is 4.63. The van der Waals surface area contributed by atoms with Gasteiger partial charge in [-0.1, -0.05) is 0 Å². The molecule has 0 atom stereocenters. The van der Waals surface area contributed by atoms with Crippen molar-refractivity contribution in [2.24, 2.45) is 0 Å². The Hall–Kier alpha value is -2.34. The van der Waals surface area contributed by atoms with E-state index in [1.165, 1.54) is 0 Å².